The Hall–Kier alpha value is -0.610. The SMILES string of the molecule is CCCN(C)C(=O)Cc1nc(CCl)cs1. The number of hydrogen-bond donors (Lipinski definition) is 0. The Morgan fingerprint density at radius 2 is 2.40 bits per heavy atom. The minimum absolute atomic E-state index is 0.118. The molecule has 1 heterocycles. The van der Waals surface area contributed by atoms with Crippen LogP contribution in [-0.4, -0.2) is 29.4 Å². The molecule has 0 aliphatic carbocycles. The van der Waals surface area contributed by atoms with Gasteiger partial charge in [0.1, 0.15) is 5.01 Å². The van der Waals surface area contributed by atoms with Crippen LogP contribution < -0.4 is 0 Å². The zero-order chi connectivity index (χ0) is 11.3. The maximum atomic E-state index is 11.7. The number of halogens is 1. The molecular weight excluding hydrogens is 232 g/mol. The summed E-state index contributed by atoms with van der Waals surface area (Å²) >= 11 is 7.13. The number of rotatable bonds is 5. The van der Waals surface area contributed by atoms with Gasteiger partial charge in [-0.25, -0.2) is 4.98 Å². The van der Waals surface area contributed by atoms with Crippen molar-refractivity contribution in [1.82, 2.24) is 9.88 Å². The summed E-state index contributed by atoms with van der Waals surface area (Å²) < 4.78 is 0. The third-order valence-electron chi connectivity index (χ3n) is 2.02. The second kappa shape index (κ2) is 6.08. The molecule has 0 aromatic carbocycles. The first-order chi connectivity index (χ1) is 7.17. The van der Waals surface area contributed by atoms with E-state index in [1.54, 1.807) is 4.90 Å². The lowest BCUT2D eigenvalue weighted by Gasteiger charge is -2.14. The Balaban J connectivity index is 2.50. The fraction of sp³-hybridized carbons (Fsp3) is 0.600. The molecule has 15 heavy (non-hydrogen) atoms. The highest BCUT2D eigenvalue weighted by Gasteiger charge is 2.11. The standard InChI is InChI=1S/C10H15ClN2OS/c1-3-4-13(2)10(14)5-9-12-8(6-11)7-15-9/h7H,3-6H2,1-2H3. The lowest BCUT2D eigenvalue weighted by Crippen LogP contribution is -2.28. The molecule has 0 radical (unpaired) electrons. The van der Waals surface area contributed by atoms with Crippen LogP contribution in [0.25, 0.3) is 0 Å². The highest BCUT2D eigenvalue weighted by atomic mass is 35.5. The highest BCUT2D eigenvalue weighted by molar-refractivity contribution is 7.09. The Kier molecular flexibility index (Phi) is 5.05. The quantitative estimate of drug-likeness (QED) is 0.747. The Morgan fingerprint density at radius 3 is 2.93 bits per heavy atom. The molecule has 3 nitrogen and oxygen atoms in total. The van der Waals surface area contributed by atoms with Crippen LogP contribution in [-0.2, 0) is 17.1 Å². The predicted octanol–water partition coefficient (Wildman–Crippen LogP) is 2.29. The first-order valence-corrected chi connectivity index (χ1v) is 6.32. The largest absolute Gasteiger partial charge is 0.345 e. The predicted molar refractivity (Wildman–Crippen MR) is 63.3 cm³/mol. The molecule has 84 valence electrons. The summed E-state index contributed by atoms with van der Waals surface area (Å²) in [5, 5.41) is 2.74. The van der Waals surface area contributed by atoms with Gasteiger partial charge in [0, 0.05) is 19.0 Å². The van der Waals surface area contributed by atoms with Gasteiger partial charge in [-0.2, -0.15) is 0 Å². The van der Waals surface area contributed by atoms with E-state index in [9.17, 15) is 4.79 Å². The van der Waals surface area contributed by atoms with Crippen molar-refractivity contribution < 1.29 is 4.79 Å². The van der Waals surface area contributed by atoms with Crippen molar-refractivity contribution in [1.29, 1.82) is 0 Å². The molecule has 0 aliphatic rings. The Morgan fingerprint density at radius 1 is 1.67 bits per heavy atom. The summed E-state index contributed by atoms with van der Waals surface area (Å²) in [5.74, 6) is 0.530. The molecule has 0 saturated heterocycles. The molecule has 0 fully saturated rings. The fourth-order valence-electron chi connectivity index (χ4n) is 1.22. The number of carbonyl (C=O) groups excluding carboxylic acids is 1. The van der Waals surface area contributed by atoms with Crippen molar-refractivity contribution in [2.45, 2.75) is 25.6 Å². The first kappa shape index (κ1) is 12.5. The van der Waals surface area contributed by atoms with E-state index in [2.05, 4.69) is 11.9 Å². The first-order valence-electron chi connectivity index (χ1n) is 4.90. The second-order valence-corrected chi connectivity index (χ2v) is 4.57. The lowest BCUT2D eigenvalue weighted by molar-refractivity contribution is -0.129. The summed E-state index contributed by atoms with van der Waals surface area (Å²) in [6.45, 7) is 2.85. The molecule has 1 rings (SSSR count). The molecule has 0 unspecified atom stereocenters. The zero-order valence-electron chi connectivity index (χ0n) is 8.99. The molecule has 1 aromatic rings. The smallest absolute Gasteiger partial charge is 0.229 e. The minimum atomic E-state index is 0.118. The van der Waals surface area contributed by atoms with Crippen LogP contribution in [0.15, 0.2) is 5.38 Å². The molecule has 0 saturated carbocycles. The van der Waals surface area contributed by atoms with Gasteiger partial charge in [-0.05, 0) is 6.42 Å². The van der Waals surface area contributed by atoms with Crippen LogP contribution in [0, 0.1) is 0 Å². The Labute approximate surface area is 99.1 Å². The van der Waals surface area contributed by atoms with Gasteiger partial charge in [-0.3, -0.25) is 4.79 Å². The number of hydrogen-bond acceptors (Lipinski definition) is 3. The maximum Gasteiger partial charge on any atom is 0.229 e. The van der Waals surface area contributed by atoms with Gasteiger partial charge >= 0.3 is 0 Å². The summed E-state index contributed by atoms with van der Waals surface area (Å²) in [6.07, 6.45) is 1.37. The second-order valence-electron chi connectivity index (χ2n) is 3.36. The van der Waals surface area contributed by atoms with Gasteiger partial charge in [0.25, 0.3) is 0 Å². The van der Waals surface area contributed by atoms with Gasteiger partial charge in [0.05, 0.1) is 18.0 Å². The van der Waals surface area contributed by atoms with Gasteiger partial charge in [-0.1, -0.05) is 6.92 Å². The number of nitrogens with zero attached hydrogens (tertiary/aromatic N) is 2. The van der Waals surface area contributed by atoms with E-state index in [1.165, 1.54) is 11.3 Å². The summed E-state index contributed by atoms with van der Waals surface area (Å²) in [4.78, 5) is 17.6. The number of amides is 1. The van der Waals surface area contributed by atoms with E-state index in [4.69, 9.17) is 11.6 Å². The Bertz CT molecular complexity index is 327. The maximum absolute atomic E-state index is 11.7. The summed E-state index contributed by atoms with van der Waals surface area (Å²) in [6, 6.07) is 0. The van der Waals surface area contributed by atoms with Crippen molar-refractivity contribution in [3.63, 3.8) is 0 Å². The molecule has 0 N–H and O–H groups in total. The molecule has 5 heteroatoms. The number of carbonyl (C=O) groups is 1. The van der Waals surface area contributed by atoms with E-state index in [1.807, 2.05) is 12.4 Å². The average molecular weight is 247 g/mol. The van der Waals surface area contributed by atoms with Crippen LogP contribution in [0.2, 0.25) is 0 Å². The van der Waals surface area contributed by atoms with Crippen LogP contribution >= 0.6 is 22.9 Å². The van der Waals surface area contributed by atoms with Gasteiger partial charge in [0.15, 0.2) is 0 Å². The third kappa shape index (κ3) is 3.80. The third-order valence-corrected chi connectivity index (χ3v) is 3.19. The molecule has 1 amide bonds. The van der Waals surface area contributed by atoms with E-state index in [-0.39, 0.29) is 5.91 Å². The fourth-order valence-corrected chi connectivity index (χ4v) is 2.23. The topological polar surface area (TPSA) is 33.2 Å². The number of likely N-dealkylation sites (N-methyl/N-ethyl adjacent to an activating group) is 1. The van der Waals surface area contributed by atoms with E-state index < -0.39 is 0 Å². The van der Waals surface area contributed by atoms with Crippen LogP contribution in [0.3, 0.4) is 0 Å². The molecular formula is C10H15ClN2OS. The minimum Gasteiger partial charge on any atom is -0.345 e. The van der Waals surface area contributed by atoms with E-state index in [0.717, 1.165) is 23.7 Å². The van der Waals surface area contributed by atoms with Crippen molar-refractivity contribution in [3.05, 3.63) is 16.1 Å². The van der Waals surface area contributed by atoms with Crippen molar-refractivity contribution in [2.75, 3.05) is 13.6 Å². The van der Waals surface area contributed by atoms with Crippen LogP contribution in [0.4, 0.5) is 0 Å². The van der Waals surface area contributed by atoms with E-state index >= 15 is 0 Å². The van der Waals surface area contributed by atoms with Crippen LogP contribution in [0.5, 0.6) is 0 Å². The van der Waals surface area contributed by atoms with Crippen molar-refractivity contribution in [2.24, 2.45) is 0 Å². The molecule has 0 bridgehead atoms. The van der Waals surface area contributed by atoms with E-state index in [0.29, 0.717) is 12.3 Å². The number of aromatic nitrogens is 1. The van der Waals surface area contributed by atoms with Crippen molar-refractivity contribution in [3.8, 4) is 0 Å². The zero-order valence-corrected chi connectivity index (χ0v) is 10.6. The lowest BCUT2D eigenvalue weighted by atomic mass is 10.3. The van der Waals surface area contributed by atoms with Gasteiger partial charge < -0.3 is 4.90 Å². The van der Waals surface area contributed by atoms with Crippen molar-refractivity contribution >= 4 is 28.8 Å². The monoisotopic (exact) mass is 246 g/mol. The van der Waals surface area contributed by atoms with Gasteiger partial charge in [-0.15, -0.1) is 22.9 Å². The average Bonchev–Trinajstić information content (AvgIpc) is 2.66. The highest BCUT2D eigenvalue weighted by Crippen LogP contribution is 2.12. The molecule has 0 atom stereocenters. The number of alkyl halides is 1. The van der Waals surface area contributed by atoms with Crippen LogP contribution in [0.1, 0.15) is 24.0 Å². The summed E-state index contributed by atoms with van der Waals surface area (Å²) in [5.41, 5.74) is 0.850. The normalized spacial score (nSPS) is 10.3. The van der Waals surface area contributed by atoms with Gasteiger partial charge in [0.2, 0.25) is 5.91 Å². The molecule has 1 aromatic heterocycles. The number of thiazole rings is 1. The summed E-state index contributed by atoms with van der Waals surface area (Å²) in [7, 11) is 1.82. The molecule has 0 spiro atoms. The molecule has 0 aliphatic heterocycles.